The second kappa shape index (κ2) is 5.96. The maximum atomic E-state index is 13.1. The fraction of sp³-hybridized carbons (Fsp3) is 0.455. The minimum atomic E-state index is -0.465. The van der Waals surface area contributed by atoms with Crippen LogP contribution in [0.1, 0.15) is 25.5 Å². The SMILES string of the molecule is CC(C)(CO)[C@@H](N)c1cc(F)cc(Br)c1.Cl. The third-order valence-electron chi connectivity index (χ3n) is 2.49. The summed E-state index contributed by atoms with van der Waals surface area (Å²) in [5.74, 6) is -0.330. The van der Waals surface area contributed by atoms with Crippen LogP contribution in [-0.2, 0) is 0 Å². The molecule has 1 aromatic rings. The van der Waals surface area contributed by atoms with Gasteiger partial charge in [-0.15, -0.1) is 12.4 Å². The normalized spacial score (nSPS) is 13.1. The largest absolute Gasteiger partial charge is 0.396 e. The molecule has 0 saturated heterocycles. The van der Waals surface area contributed by atoms with Crippen molar-refractivity contribution in [2.45, 2.75) is 19.9 Å². The molecule has 0 fully saturated rings. The molecule has 5 heteroatoms. The summed E-state index contributed by atoms with van der Waals surface area (Å²) in [6, 6.07) is 4.15. The van der Waals surface area contributed by atoms with E-state index in [4.69, 9.17) is 5.73 Å². The van der Waals surface area contributed by atoms with Crippen LogP contribution in [0.5, 0.6) is 0 Å². The lowest BCUT2D eigenvalue weighted by Crippen LogP contribution is -2.32. The van der Waals surface area contributed by atoms with E-state index in [0.717, 1.165) is 0 Å². The summed E-state index contributed by atoms with van der Waals surface area (Å²) >= 11 is 3.21. The van der Waals surface area contributed by atoms with Crippen molar-refractivity contribution < 1.29 is 9.50 Å². The summed E-state index contributed by atoms with van der Waals surface area (Å²) in [5, 5.41) is 9.18. The van der Waals surface area contributed by atoms with Gasteiger partial charge in [0.05, 0.1) is 0 Å². The average Bonchev–Trinajstić information content (AvgIpc) is 2.15. The highest BCUT2D eigenvalue weighted by Gasteiger charge is 2.27. The number of nitrogens with two attached hydrogens (primary N) is 1. The predicted octanol–water partition coefficient (Wildman–Crippen LogP) is 3.03. The Bertz CT molecular complexity index is 340. The van der Waals surface area contributed by atoms with Crippen molar-refractivity contribution >= 4 is 28.3 Å². The summed E-state index contributed by atoms with van der Waals surface area (Å²) in [5.41, 5.74) is 6.19. The first-order valence-corrected chi connectivity index (χ1v) is 5.48. The first kappa shape index (κ1) is 15.8. The molecule has 0 radical (unpaired) electrons. The van der Waals surface area contributed by atoms with Gasteiger partial charge in [-0.2, -0.15) is 0 Å². The third kappa shape index (κ3) is 3.70. The van der Waals surface area contributed by atoms with E-state index in [-0.39, 0.29) is 24.8 Å². The number of halogens is 3. The molecular weight excluding hydrogens is 296 g/mol. The van der Waals surface area contributed by atoms with Gasteiger partial charge in [-0.05, 0) is 23.8 Å². The van der Waals surface area contributed by atoms with E-state index in [1.54, 1.807) is 6.07 Å². The van der Waals surface area contributed by atoms with Crippen LogP contribution in [0.25, 0.3) is 0 Å². The van der Waals surface area contributed by atoms with Crippen molar-refractivity contribution in [1.29, 1.82) is 0 Å². The molecule has 0 unspecified atom stereocenters. The molecule has 1 aromatic carbocycles. The van der Waals surface area contributed by atoms with Gasteiger partial charge in [0.15, 0.2) is 0 Å². The maximum absolute atomic E-state index is 13.1. The molecule has 0 saturated carbocycles. The van der Waals surface area contributed by atoms with Crippen molar-refractivity contribution in [3.8, 4) is 0 Å². The first-order valence-electron chi connectivity index (χ1n) is 4.69. The molecule has 0 bridgehead atoms. The van der Waals surface area contributed by atoms with E-state index in [0.29, 0.717) is 10.0 Å². The lowest BCUT2D eigenvalue weighted by atomic mass is 9.82. The van der Waals surface area contributed by atoms with Crippen LogP contribution in [0.15, 0.2) is 22.7 Å². The number of rotatable bonds is 3. The number of aliphatic hydroxyl groups excluding tert-OH is 1. The molecule has 0 aromatic heterocycles. The summed E-state index contributed by atoms with van der Waals surface area (Å²) in [7, 11) is 0. The molecule has 0 aliphatic rings. The quantitative estimate of drug-likeness (QED) is 0.901. The Kier molecular flexibility index (Phi) is 5.90. The molecule has 1 atom stereocenters. The number of hydrogen-bond donors (Lipinski definition) is 2. The Morgan fingerprint density at radius 1 is 1.44 bits per heavy atom. The number of aliphatic hydroxyl groups is 1. The van der Waals surface area contributed by atoms with E-state index in [1.165, 1.54) is 12.1 Å². The molecule has 92 valence electrons. The molecule has 0 heterocycles. The van der Waals surface area contributed by atoms with Crippen molar-refractivity contribution in [3.05, 3.63) is 34.1 Å². The summed E-state index contributed by atoms with van der Waals surface area (Å²) in [4.78, 5) is 0. The molecule has 16 heavy (non-hydrogen) atoms. The molecule has 1 rings (SSSR count). The Balaban J connectivity index is 0.00000225. The molecule has 0 aliphatic carbocycles. The van der Waals surface area contributed by atoms with Gasteiger partial charge < -0.3 is 10.8 Å². The van der Waals surface area contributed by atoms with E-state index in [2.05, 4.69) is 15.9 Å². The van der Waals surface area contributed by atoms with Gasteiger partial charge in [-0.25, -0.2) is 4.39 Å². The van der Waals surface area contributed by atoms with Gasteiger partial charge in [0.2, 0.25) is 0 Å². The summed E-state index contributed by atoms with van der Waals surface area (Å²) in [6.07, 6.45) is 0. The van der Waals surface area contributed by atoms with Crippen LogP contribution in [0.4, 0.5) is 4.39 Å². The lowest BCUT2D eigenvalue weighted by molar-refractivity contribution is 0.132. The fourth-order valence-electron chi connectivity index (χ4n) is 1.30. The van der Waals surface area contributed by atoms with Gasteiger partial charge >= 0.3 is 0 Å². The molecule has 0 amide bonds. The maximum Gasteiger partial charge on any atom is 0.124 e. The number of benzene rings is 1. The summed E-state index contributed by atoms with van der Waals surface area (Å²) in [6.45, 7) is 3.65. The fourth-order valence-corrected chi connectivity index (χ4v) is 1.79. The monoisotopic (exact) mass is 311 g/mol. The standard InChI is InChI=1S/C11H15BrFNO.ClH/c1-11(2,6-15)10(14)7-3-8(12)5-9(13)4-7;/h3-5,10,15H,6,14H2,1-2H3;1H/t10-;/m0./s1. The van der Waals surface area contributed by atoms with E-state index >= 15 is 0 Å². The topological polar surface area (TPSA) is 46.2 Å². The number of hydrogen-bond acceptors (Lipinski definition) is 2. The summed E-state index contributed by atoms with van der Waals surface area (Å²) < 4.78 is 13.8. The highest BCUT2D eigenvalue weighted by molar-refractivity contribution is 9.10. The molecule has 0 aliphatic heterocycles. The van der Waals surface area contributed by atoms with Gasteiger partial charge in [0.1, 0.15) is 5.82 Å². The predicted molar refractivity (Wildman–Crippen MR) is 69.1 cm³/mol. The van der Waals surface area contributed by atoms with Crippen LogP contribution in [0.3, 0.4) is 0 Å². The van der Waals surface area contributed by atoms with E-state index in [9.17, 15) is 9.50 Å². The molecule has 0 spiro atoms. The van der Waals surface area contributed by atoms with Crippen molar-refractivity contribution in [3.63, 3.8) is 0 Å². The van der Waals surface area contributed by atoms with Crippen LogP contribution in [0.2, 0.25) is 0 Å². The minimum Gasteiger partial charge on any atom is -0.396 e. The smallest absolute Gasteiger partial charge is 0.124 e. The zero-order valence-electron chi connectivity index (χ0n) is 9.21. The van der Waals surface area contributed by atoms with E-state index < -0.39 is 11.5 Å². The highest BCUT2D eigenvalue weighted by Crippen LogP contribution is 2.32. The second-order valence-corrected chi connectivity index (χ2v) is 5.24. The minimum absolute atomic E-state index is 0. The highest BCUT2D eigenvalue weighted by atomic mass is 79.9. The Labute approximate surface area is 110 Å². The zero-order chi connectivity index (χ0) is 11.6. The van der Waals surface area contributed by atoms with Gasteiger partial charge in [0.25, 0.3) is 0 Å². The van der Waals surface area contributed by atoms with Crippen LogP contribution in [0, 0.1) is 11.2 Å². The van der Waals surface area contributed by atoms with E-state index in [1.807, 2.05) is 13.8 Å². The zero-order valence-corrected chi connectivity index (χ0v) is 11.6. The van der Waals surface area contributed by atoms with Crippen LogP contribution >= 0.6 is 28.3 Å². The molecule has 2 nitrogen and oxygen atoms in total. The molecule has 3 N–H and O–H groups in total. The Hall–Kier alpha value is -0.160. The van der Waals surface area contributed by atoms with Crippen molar-refractivity contribution in [2.24, 2.45) is 11.1 Å². The van der Waals surface area contributed by atoms with Gasteiger partial charge in [0, 0.05) is 22.5 Å². The molecular formula is C11H16BrClFNO. The van der Waals surface area contributed by atoms with Crippen molar-refractivity contribution in [1.82, 2.24) is 0 Å². The van der Waals surface area contributed by atoms with Crippen molar-refractivity contribution in [2.75, 3.05) is 6.61 Å². The Morgan fingerprint density at radius 2 is 2.00 bits per heavy atom. The van der Waals surface area contributed by atoms with Crippen LogP contribution in [-0.4, -0.2) is 11.7 Å². The third-order valence-corrected chi connectivity index (χ3v) is 2.95. The van der Waals surface area contributed by atoms with Gasteiger partial charge in [-0.3, -0.25) is 0 Å². The van der Waals surface area contributed by atoms with Crippen LogP contribution < -0.4 is 5.73 Å². The van der Waals surface area contributed by atoms with Gasteiger partial charge in [-0.1, -0.05) is 29.8 Å². The lowest BCUT2D eigenvalue weighted by Gasteiger charge is -2.29. The average molecular weight is 313 g/mol. The Morgan fingerprint density at radius 3 is 2.44 bits per heavy atom. The first-order chi connectivity index (χ1) is 6.86. The second-order valence-electron chi connectivity index (χ2n) is 4.33.